The Morgan fingerprint density at radius 2 is 1.88 bits per heavy atom. The Morgan fingerprint density at radius 3 is 2.50 bits per heavy atom. The Balaban J connectivity index is 1.47. The number of benzene rings is 1. The number of piperazine rings is 1. The van der Waals surface area contributed by atoms with Crippen LogP contribution in [0, 0.1) is 0 Å². The highest BCUT2D eigenvalue weighted by atomic mass is 16.5. The van der Waals surface area contributed by atoms with Crippen LogP contribution in [0.5, 0.6) is 5.75 Å². The van der Waals surface area contributed by atoms with E-state index in [4.69, 9.17) is 4.74 Å². The van der Waals surface area contributed by atoms with Gasteiger partial charge in [-0.3, -0.25) is 9.69 Å². The van der Waals surface area contributed by atoms with Crippen LogP contribution < -0.4 is 15.0 Å². The number of carbonyl (C=O) groups excluding carboxylic acids is 1. The van der Waals surface area contributed by atoms with Crippen molar-refractivity contribution < 1.29 is 9.53 Å². The van der Waals surface area contributed by atoms with Gasteiger partial charge in [0.1, 0.15) is 11.6 Å². The Morgan fingerprint density at radius 1 is 1.12 bits per heavy atom. The van der Waals surface area contributed by atoms with Crippen LogP contribution >= 0.6 is 0 Å². The maximum atomic E-state index is 12.1. The Hall–Kier alpha value is -2.60. The second-order valence-corrected chi connectivity index (χ2v) is 5.72. The van der Waals surface area contributed by atoms with Crippen molar-refractivity contribution in [2.45, 2.75) is 0 Å². The zero-order valence-electron chi connectivity index (χ0n) is 13.8. The van der Waals surface area contributed by atoms with Gasteiger partial charge < -0.3 is 15.0 Å². The molecule has 1 aromatic carbocycles. The summed E-state index contributed by atoms with van der Waals surface area (Å²) in [5.74, 6) is 1.44. The van der Waals surface area contributed by atoms with Crippen molar-refractivity contribution in [3.63, 3.8) is 0 Å². The fraction of sp³-hybridized carbons (Fsp3) is 0.333. The quantitative estimate of drug-likeness (QED) is 0.909. The molecule has 1 aromatic heterocycles. The summed E-state index contributed by atoms with van der Waals surface area (Å²) in [5, 5.41) is 2.83. The van der Waals surface area contributed by atoms with Gasteiger partial charge in [-0.25, -0.2) is 4.98 Å². The van der Waals surface area contributed by atoms with Crippen LogP contribution in [0.1, 0.15) is 0 Å². The zero-order chi connectivity index (χ0) is 16.8. The van der Waals surface area contributed by atoms with Crippen LogP contribution in [-0.2, 0) is 4.79 Å². The van der Waals surface area contributed by atoms with Crippen LogP contribution in [0.4, 0.5) is 11.5 Å². The predicted octanol–water partition coefficient (Wildman–Crippen LogP) is 1.85. The number of nitrogens with zero attached hydrogens (tertiary/aromatic N) is 3. The summed E-state index contributed by atoms with van der Waals surface area (Å²) in [5.41, 5.74) is 1.19. The lowest BCUT2D eigenvalue weighted by molar-refractivity contribution is -0.117. The van der Waals surface area contributed by atoms with E-state index in [1.165, 1.54) is 5.69 Å². The lowest BCUT2D eigenvalue weighted by Gasteiger charge is -2.35. The van der Waals surface area contributed by atoms with Crippen LogP contribution in [0.3, 0.4) is 0 Å². The van der Waals surface area contributed by atoms with Crippen molar-refractivity contribution in [3.8, 4) is 5.75 Å². The number of amides is 1. The van der Waals surface area contributed by atoms with Crippen molar-refractivity contribution in [1.29, 1.82) is 0 Å². The third-order valence-electron chi connectivity index (χ3n) is 4.11. The minimum Gasteiger partial charge on any atom is -0.497 e. The van der Waals surface area contributed by atoms with E-state index in [0.717, 1.165) is 31.9 Å². The number of ether oxygens (including phenoxy) is 1. The minimum absolute atomic E-state index is 0.0217. The van der Waals surface area contributed by atoms with E-state index < -0.39 is 0 Å². The highest BCUT2D eigenvalue weighted by molar-refractivity contribution is 5.91. The predicted molar refractivity (Wildman–Crippen MR) is 94.5 cm³/mol. The average Bonchev–Trinajstić information content (AvgIpc) is 2.63. The highest BCUT2D eigenvalue weighted by Crippen LogP contribution is 2.20. The standard InChI is InChI=1S/C18H22N4O2/c1-24-16-7-5-15(6-8-16)22-12-10-21(11-13-22)14-18(23)20-17-4-2-3-9-19-17/h2-9H,10-14H2,1H3,(H,19,20,23). The molecule has 1 aliphatic rings. The molecule has 1 saturated heterocycles. The zero-order valence-corrected chi connectivity index (χ0v) is 13.8. The lowest BCUT2D eigenvalue weighted by Crippen LogP contribution is -2.48. The molecule has 0 unspecified atom stereocenters. The minimum atomic E-state index is -0.0217. The molecule has 2 aromatic rings. The van der Waals surface area contributed by atoms with Gasteiger partial charge in [0, 0.05) is 38.1 Å². The van der Waals surface area contributed by atoms with Crippen molar-refractivity contribution in [2.24, 2.45) is 0 Å². The monoisotopic (exact) mass is 326 g/mol. The molecule has 3 rings (SSSR count). The molecule has 1 N–H and O–H groups in total. The number of methoxy groups -OCH3 is 1. The largest absolute Gasteiger partial charge is 0.497 e. The van der Waals surface area contributed by atoms with Crippen molar-refractivity contribution >= 4 is 17.4 Å². The highest BCUT2D eigenvalue weighted by Gasteiger charge is 2.19. The Kier molecular flexibility index (Phi) is 5.28. The van der Waals surface area contributed by atoms with Crippen LogP contribution in [0.15, 0.2) is 48.7 Å². The number of anilines is 2. The third kappa shape index (κ3) is 4.23. The van der Waals surface area contributed by atoms with Crippen molar-refractivity contribution in [2.75, 3.05) is 50.1 Å². The Labute approximate surface area is 142 Å². The molecule has 24 heavy (non-hydrogen) atoms. The number of pyridine rings is 1. The molecule has 1 fully saturated rings. The van der Waals surface area contributed by atoms with Gasteiger partial charge in [0.2, 0.25) is 5.91 Å². The molecule has 0 radical (unpaired) electrons. The number of aromatic nitrogens is 1. The molecule has 6 heteroatoms. The van der Waals surface area contributed by atoms with Gasteiger partial charge in [0.05, 0.1) is 13.7 Å². The van der Waals surface area contributed by atoms with E-state index in [0.29, 0.717) is 12.4 Å². The molecule has 2 heterocycles. The van der Waals surface area contributed by atoms with Gasteiger partial charge in [-0.2, -0.15) is 0 Å². The smallest absolute Gasteiger partial charge is 0.239 e. The lowest BCUT2D eigenvalue weighted by atomic mass is 10.2. The number of nitrogens with one attached hydrogen (secondary N) is 1. The Bertz CT molecular complexity index is 652. The third-order valence-corrected chi connectivity index (χ3v) is 4.11. The van der Waals surface area contributed by atoms with Crippen LogP contribution in [0.25, 0.3) is 0 Å². The van der Waals surface area contributed by atoms with Gasteiger partial charge in [0.15, 0.2) is 0 Å². The number of hydrogen-bond donors (Lipinski definition) is 1. The first kappa shape index (κ1) is 16.3. The molecular weight excluding hydrogens is 304 g/mol. The fourth-order valence-electron chi connectivity index (χ4n) is 2.78. The topological polar surface area (TPSA) is 57.7 Å². The van der Waals surface area contributed by atoms with E-state index in [1.807, 2.05) is 24.3 Å². The molecule has 0 bridgehead atoms. The molecule has 0 saturated carbocycles. The van der Waals surface area contributed by atoms with Crippen molar-refractivity contribution in [1.82, 2.24) is 9.88 Å². The van der Waals surface area contributed by atoms with E-state index in [-0.39, 0.29) is 5.91 Å². The number of hydrogen-bond acceptors (Lipinski definition) is 5. The summed E-state index contributed by atoms with van der Waals surface area (Å²) in [6.07, 6.45) is 1.67. The fourth-order valence-corrected chi connectivity index (χ4v) is 2.78. The molecule has 0 aliphatic carbocycles. The first-order chi connectivity index (χ1) is 11.7. The van der Waals surface area contributed by atoms with Gasteiger partial charge in [-0.1, -0.05) is 6.07 Å². The number of rotatable bonds is 5. The second kappa shape index (κ2) is 7.79. The maximum absolute atomic E-state index is 12.1. The summed E-state index contributed by atoms with van der Waals surface area (Å²) >= 11 is 0. The molecule has 1 amide bonds. The first-order valence-corrected chi connectivity index (χ1v) is 8.07. The average molecular weight is 326 g/mol. The number of carbonyl (C=O) groups is 1. The SMILES string of the molecule is COc1ccc(N2CCN(CC(=O)Nc3ccccn3)CC2)cc1. The first-order valence-electron chi connectivity index (χ1n) is 8.07. The van der Waals surface area contributed by atoms with E-state index in [1.54, 1.807) is 19.4 Å². The molecular formula is C18H22N4O2. The van der Waals surface area contributed by atoms with E-state index in [9.17, 15) is 4.79 Å². The summed E-state index contributed by atoms with van der Waals surface area (Å²) in [4.78, 5) is 20.7. The maximum Gasteiger partial charge on any atom is 0.239 e. The van der Waals surface area contributed by atoms with E-state index in [2.05, 4.69) is 32.2 Å². The van der Waals surface area contributed by atoms with Gasteiger partial charge in [-0.15, -0.1) is 0 Å². The summed E-state index contributed by atoms with van der Waals surface area (Å²) in [7, 11) is 1.67. The normalized spacial score (nSPS) is 15.1. The molecule has 0 spiro atoms. The molecule has 0 atom stereocenters. The molecule has 126 valence electrons. The van der Waals surface area contributed by atoms with Gasteiger partial charge in [0.25, 0.3) is 0 Å². The van der Waals surface area contributed by atoms with Gasteiger partial charge in [-0.05, 0) is 36.4 Å². The van der Waals surface area contributed by atoms with Gasteiger partial charge >= 0.3 is 0 Å². The van der Waals surface area contributed by atoms with Crippen LogP contribution in [0.2, 0.25) is 0 Å². The van der Waals surface area contributed by atoms with E-state index >= 15 is 0 Å². The van der Waals surface area contributed by atoms with Crippen molar-refractivity contribution in [3.05, 3.63) is 48.7 Å². The van der Waals surface area contributed by atoms with Crippen LogP contribution in [-0.4, -0.2) is 55.6 Å². The summed E-state index contributed by atoms with van der Waals surface area (Å²) in [6.45, 7) is 3.93. The summed E-state index contributed by atoms with van der Waals surface area (Å²) in [6, 6.07) is 13.6. The summed E-state index contributed by atoms with van der Waals surface area (Å²) < 4.78 is 5.19. The second-order valence-electron chi connectivity index (χ2n) is 5.72. The molecule has 6 nitrogen and oxygen atoms in total. The molecule has 1 aliphatic heterocycles.